The number of hydrogen-bond acceptors (Lipinski definition) is 5. The van der Waals surface area contributed by atoms with Gasteiger partial charge in [-0.1, -0.05) is 52.8 Å². The molecular formula is C43H62F2N2O5S. The number of halogens is 2. The Balaban J connectivity index is 1.15. The third-order valence-corrected chi connectivity index (χ3v) is 18.5. The molecule has 4 N–H and O–H groups in total. The highest BCUT2D eigenvalue weighted by atomic mass is 32.3. The third-order valence-electron chi connectivity index (χ3n) is 16.8. The number of nitrogens with zero attached hydrogens (tertiary/aromatic N) is 1. The average molecular weight is 757 g/mol. The van der Waals surface area contributed by atoms with Gasteiger partial charge in [-0.25, -0.2) is 13.6 Å². The Morgan fingerprint density at radius 1 is 0.925 bits per heavy atom. The van der Waals surface area contributed by atoms with E-state index in [9.17, 15) is 32.6 Å². The number of amides is 1. The first-order valence-electron chi connectivity index (χ1n) is 20.0. The molecule has 53 heavy (non-hydrogen) atoms. The standard InChI is InChI=1S/C43H62F2N2O5S/c1-26(2)28-10-15-43(38(50)46-18-19-47-20-22-53(51,52)23-21-47)17-16-41(6)30(36(28)43)8-9-34-40(5)13-11-29(39(3,4)33(40)12-14-42(34,41)7)27-24-31(44)35(37(48)49)32(45)25-27/h11,24-25,28,30,33-34,36,51-52H,1,8-10,12-23H2,2-7H3,(H,46,50)(H,48,49)/t28-,30+,33-,34+,36+,40-,41+,42+,43-/m0/s1. The number of carbonyl (C=O) groups is 2. The molecule has 1 aliphatic heterocycles. The van der Waals surface area contributed by atoms with Crippen molar-refractivity contribution in [2.75, 3.05) is 37.7 Å². The van der Waals surface area contributed by atoms with E-state index in [4.69, 9.17) is 0 Å². The highest BCUT2D eigenvalue weighted by Crippen LogP contribution is 2.77. The third kappa shape index (κ3) is 5.89. The second kappa shape index (κ2) is 13.2. The van der Waals surface area contributed by atoms with Crippen LogP contribution >= 0.6 is 10.6 Å². The van der Waals surface area contributed by atoms with Crippen LogP contribution in [0, 0.1) is 68.3 Å². The number of carboxylic acids is 1. The van der Waals surface area contributed by atoms with Gasteiger partial charge >= 0.3 is 5.97 Å². The number of fused-ring (bicyclic) bond motifs is 7. The van der Waals surface area contributed by atoms with E-state index >= 15 is 0 Å². The summed E-state index contributed by atoms with van der Waals surface area (Å²) in [7, 11) is -2.45. The van der Waals surface area contributed by atoms with Gasteiger partial charge in [0, 0.05) is 26.2 Å². The van der Waals surface area contributed by atoms with Crippen LogP contribution in [-0.2, 0) is 4.79 Å². The monoisotopic (exact) mass is 756 g/mol. The Labute approximate surface area is 316 Å². The second-order valence-corrected chi connectivity index (χ2v) is 21.7. The first-order chi connectivity index (χ1) is 24.7. The van der Waals surface area contributed by atoms with Gasteiger partial charge in [0.15, 0.2) is 0 Å². The molecule has 6 aliphatic rings. The molecule has 0 radical (unpaired) electrons. The van der Waals surface area contributed by atoms with Crippen LogP contribution in [0.2, 0.25) is 0 Å². The van der Waals surface area contributed by atoms with Crippen LogP contribution < -0.4 is 5.32 Å². The molecule has 1 aromatic rings. The number of rotatable bonds is 7. The van der Waals surface area contributed by atoms with E-state index in [0.717, 1.165) is 69.9 Å². The Morgan fingerprint density at radius 2 is 1.58 bits per heavy atom. The number of aromatic carboxylic acids is 1. The molecule has 7 rings (SSSR count). The van der Waals surface area contributed by atoms with Crippen molar-refractivity contribution in [3.8, 4) is 0 Å². The molecule has 0 aromatic heterocycles. The van der Waals surface area contributed by atoms with Crippen LogP contribution in [0.1, 0.15) is 115 Å². The molecule has 0 unspecified atom stereocenters. The summed E-state index contributed by atoms with van der Waals surface area (Å²) in [6.45, 7) is 21.2. The lowest BCUT2D eigenvalue weighted by Gasteiger charge is -2.72. The summed E-state index contributed by atoms with van der Waals surface area (Å²) in [5.74, 6) is -0.952. The SMILES string of the molecule is C=C(C)[C@@H]1CC[C@]2(C(=O)NCCN3CCS(O)(O)CC3)CC[C@]3(C)[C@H](CC[C@@H]4[C@@]5(C)CC=C(c6cc(F)c(C(=O)O)c(F)c6)C(C)(C)[C@@H]5CC[C@]43C)[C@@H]12. The van der Waals surface area contributed by atoms with Gasteiger partial charge in [-0.2, -0.15) is 10.6 Å². The van der Waals surface area contributed by atoms with Crippen LogP contribution in [-0.4, -0.2) is 68.7 Å². The molecule has 7 nitrogen and oxygen atoms in total. The Kier molecular flexibility index (Phi) is 9.68. The maximum Gasteiger partial charge on any atom is 0.341 e. The van der Waals surface area contributed by atoms with Crippen LogP contribution in [0.25, 0.3) is 5.57 Å². The zero-order chi connectivity index (χ0) is 38.5. The van der Waals surface area contributed by atoms with Gasteiger partial charge in [0.05, 0.1) is 16.9 Å². The number of carbonyl (C=O) groups excluding carboxylic acids is 1. The fourth-order valence-electron chi connectivity index (χ4n) is 14.1. The fourth-order valence-corrected chi connectivity index (χ4v) is 15.4. The Morgan fingerprint density at radius 3 is 2.21 bits per heavy atom. The van der Waals surface area contributed by atoms with Crippen LogP contribution in [0.5, 0.6) is 0 Å². The first kappa shape index (κ1) is 39.0. The summed E-state index contributed by atoms with van der Waals surface area (Å²) in [5, 5.41) is 12.8. The minimum atomic E-state index is -2.45. The normalized spacial score (nSPS) is 40.8. The summed E-state index contributed by atoms with van der Waals surface area (Å²) >= 11 is 0. The van der Waals surface area contributed by atoms with Crippen LogP contribution in [0.15, 0.2) is 30.4 Å². The van der Waals surface area contributed by atoms with Crippen molar-refractivity contribution >= 4 is 28.0 Å². The van der Waals surface area contributed by atoms with Gasteiger partial charge in [-0.05, 0) is 139 Å². The van der Waals surface area contributed by atoms with Crippen LogP contribution in [0.3, 0.4) is 0 Å². The molecule has 1 amide bonds. The molecule has 5 aliphatic carbocycles. The molecule has 294 valence electrons. The minimum Gasteiger partial charge on any atom is -0.477 e. The number of allylic oxidation sites excluding steroid dienone is 3. The van der Waals surface area contributed by atoms with Gasteiger partial charge in [-0.15, -0.1) is 0 Å². The van der Waals surface area contributed by atoms with Crippen molar-refractivity contribution in [1.82, 2.24) is 10.2 Å². The molecule has 0 bridgehead atoms. The van der Waals surface area contributed by atoms with E-state index in [-0.39, 0.29) is 39.4 Å². The lowest BCUT2D eigenvalue weighted by Crippen LogP contribution is -2.66. The van der Waals surface area contributed by atoms with E-state index in [0.29, 0.717) is 54.5 Å². The summed E-state index contributed by atoms with van der Waals surface area (Å²) in [6, 6.07) is 2.41. The zero-order valence-corrected chi connectivity index (χ0v) is 33.5. The number of nitrogens with one attached hydrogen (secondary N) is 1. The molecule has 9 atom stereocenters. The predicted octanol–water partition coefficient (Wildman–Crippen LogP) is 9.50. The highest BCUT2D eigenvalue weighted by Gasteiger charge is 2.71. The molecular weight excluding hydrogens is 695 g/mol. The van der Waals surface area contributed by atoms with Crippen LogP contribution in [0.4, 0.5) is 8.78 Å². The summed E-state index contributed by atoms with van der Waals surface area (Å²) < 4.78 is 50.0. The largest absolute Gasteiger partial charge is 0.477 e. The maximum atomic E-state index is 15.0. The van der Waals surface area contributed by atoms with E-state index < -0.39 is 39.2 Å². The van der Waals surface area contributed by atoms with Gasteiger partial charge in [-0.3, -0.25) is 18.8 Å². The Hall–Kier alpha value is -2.27. The van der Waals surface area contributed by atoms with Crippen molar-refractivity contribution in [2.45, 2.75) is 99.3 Å². The molecule has 1 saturated heterocycles. The van der Waals surface area contributed by atoms with E-state index in [1.807, 2.05) is 0 Å². The van der Waals surface area contributed by atoms with Gasteiger partial charge < -0.3 is 10.4 Å². The predicted molar refractivity (Wildman–Crippen MR) is 208 cm³/mol. The second-order valence-electron chi connectivity index (χ2n) is 19.3. The highest BCUT2D eigenvalue weighted by molar-refractivity contribution is 8.24. The molecule has 1 heterocycles. The number of hydrogen-bond donors (Lipinski definition) is 4. The quantitative estimate of drug-likeness (QED) is 0.207. The van der Waals surface area contributed by atoms with E-state index in [1.54, 1.807) is 0 Å². The topological polar surface area (TPSA) is 110 Å². The van der Waals surface area contributed by atoms with E-state index in [2.05, 4.69) is 64.4 Å². The first-order valence-corrected chi connectivity index (χ1v) is 21.9. The molecule has 1 aromatic carbocycles. The summed E-state index contributed by atoms with van der Waals surface area (Å²) in [6.07, 6.45) is 11.0. The summed E-state index contributed by atoms with van der Waals surface area (Å²) in [4.78, 5) is 28.2. The van der Waals surface area contributed by atoms with Crippen molar-refractivity contribution in [3.63, 3.8) is 0 Å². The minimum absolute atomic E-state index is 0.0247. The van der Waals surface area contributed by atoms with Gasteiger partial charge in [0.25, 0.3) is 0 Å². The van der Waals surface area contributed by atoms with Gasteiger partial charge in [0.1, 0.15) is 17.2 Å². The van der Waals surface area contributed by atoms with Crippen molar-refractivity contribution < 1.29 is 32.6 Å². The van der Waals surface area contributed by atoms with E-state index in [1.165, 1.54) is 17.7 Å². The average Bonchev–Trinajstić information content (AvgIpc) is 3.46. The maximum absolute atomic E-state index is 15.0. The lowest BCUT2D eigenvalue weighted by molar-refractivity contribution is -0.225. The number of benzene rings is 1. The van der Waals surface area contributed by atoms with Crippen molar-refractivity contribution in [3.05, 3.63) is 53.1 Å². The summed E-state index contributed by atoms with van der Waals surface area (Å²) in [5.41, 5.74) is 0.922. The smallest absolute Gasteiger partial charge is 0.341 e. The lowest BCUT2D eigenvalue weighted by atomic mass is 9.32. The zero-order valence-electron chi connectivity index (χ0n) is 32.7. The number of carboxylic acid groups (broad SMARTS) is 1. The molecule has 0 spiro atoms. The van der Waals surface area contributed by atoms with Crippen molar-refractivity contribution in [1.29, 1.82) is 0 Å². The molecule has 10 heteroatoms. The van der Waals surface area contributed by atoms with Gasteiger partial charge in [0.2, 0.25) is 5.91 Å². The fraction of sp³-hybridized carbons (Fsp3) is 0.721. The molecule has 5 fully saturated rings. The molecule has 4 saturated carbocycles. The Bertz CT molecular complexity index is 1700. The van der Waals surface area contributed by atoms with Crippen molar-refractivity contribution in [2.24, 2.45) is 56.7 Å².